The van der Waals surface area contributed by atoms with Gasteiger partial charge in [-0.3, -0.25) is 0 Å². The molecule has 0 atom stereocenters. The van der Waals surface area contributed by atoms with E-state index in [-0.39, 0.29) is 5.75 Å². The maximum absolute atomic E-state index is 11.9. The summed E-state index contributed by atoms with van der Waals surface area (Å²) in [5, 5.41) is 0. The molecule has 1 saturated heterocycles. The second-order valence-electron chi connectivity index (χ2n) is 4.56. The van der Waals surface area contributed by atoms with Crippen molar-refractivity contribution in [3.63, 3.8) is 0 Å². The minimum absolute atomic E-state index is 0.265. The summed E-state index contributed by atoms with van der Waals surface area (Å²) in [6.07, 6.45) is 4.69. The molecule has 0 aromatic rings. The summed E-state index contributed by atoms with van der Waals surface area (Å²) in [5.41, 5.74) is 5.36. The lowest BCUT2D eigenvalue weighted by atomic mass is 9.96. The predicted octanol–water partition coefficient (Wildman–Crippen LogP) is 1.18. The van der Waals surface area contributed by atoms with Crippen LogP contribution in [0.4, 0.5) is 0 Å². The lowest BCUT2D eigenvalue weighted by Crippen LogP contribution is -2.39. The molecule has 96 valence electrons. The Kier molecular flexibility index (Phi) is 5.72. The van der Waals surface area contributed by atoms with Crippen molar-refractivity contribution >= 4 is 10.0 Å². The molecule has 0 radical (unpaired) electrons. The average molecular weight is 248 g/mol. The number of nitrogens with zero attached hydrogens (tertiary/aromatic N) is 1. The molecule has 2 N–H and O–H groups in total. The summed E-state index contributed by atoms with van der Waals surface area (Å²) < 4.78 is 25.5. The third kappa shape index (κ3) is 4.03. The quantitative estimate of drug-likeness (QED) is 0.718. The van der Waals surface area contributed by atoms with Crippen molar-refractivity contribution in [2.45, 2.75) is 39.0 Å². The van der Waals surface area contributed by atoms with E-state index in [2.05, 4.69) is 6.92 Å². The van der Waals surface area contributed by atoms with Gasteiger partial charge < -0.3 is 5.73 Å². The van der Waals surface area contributed by atoms with Crippen molar-refractivity contribution in [2.75, 3.05) is 25.4 Å². The molecule has 0 spiro atoms. The van der Waals surface area contributed by atoms with Crippen LogP contribution in [0.25, 0.3) is 0 Å². The van der Waals surface area contributed by atoms with E-state index in [9.17, 15) is 8.42 Å². The second-order valence-corrected chi connectivity index (χ2v) is 6.65. The van der Waals surface area contributed by atoms with E-state index in [0.717, 1.165) is 25.2 Å². The molecule has 1 heterocycles. The van der Waals surface area contributed by atoms with Crippen molar-refractivity contribution in [3.05, 3.63) is 0 Å². The van der Waals surface area contributed by atoms with Crippen molar-refractivity contribution in [3.8, 4) is 0 Å². The smallest absolute Gasteiger partial charge is 0.214 e. The van der Waals surface area contributed by atoms with Crippen molar-refractivity contribution in [1.29, 1.82) is 0 Å². The predicted molar refractivity (Wildman–Crippen MR) is 66.7 cm³/mol. The Morgan fingerprint density at radius 1 is 1.25 bits per heavy atom. The van der Waals surface area contributed by atoms with Gasteiger partial charge in [0.2, 0.25) is 10.0 Å². The highest BCUT2D eigenvalue weighted by atomic mass is 32.2. The van der Waals surface area contributed by atoms with E-state index in [0.29, 0.717) is 26.1 Å². The number of hydrogen-bond donors (Lipinski definition) is 1. The Balaban J connectivity index is 2.39. The Morgan fingerprint density at radius 2 is 1.88 bits per heavy atom. The van der Waals surface area contributed by atoms with Crippen LogP contribution >= 0.6 is 0 Å². The van der Waals surface area contributed by atoms with Gasteiger partial charge in [-0.05, 0) is 38.1 Å². The van der Waals surface area contributed by atoms with Gasteiger partial charge in [0.25, 0.3) is 0 Å². The number of piperidine rings is 1. The Labute approximate surface area is 99.2 Å². The second kappa shape index (κ2) is 6.57. The van der Waals surface area contributed by atoms with Crippen LogP contribution in [0.3, 0.4) is 0 Å². The van der Waals surface area contributed by atoms with Crippen LogP contribution in [0.2, 0.25) is 0 Å². The molecule has 5 heteroatoms. The molecule has 0 aliphatic carbocycles. The molecule has 1 fully saturated rings. The van der Waals surface area contributed by atoms with E-state index in [1.807, 2.05) is 0 Å². The molecule has 0 unspecified atom stereocenters. The first-order valence-corrected chi connectivity index (χ1v) is 7.89. The highest BCUT2D eigenvalue weighted by Gasteiger charge is 2.26. The van der Waals surface area contributed by atoms with Gasteiger partial charge in [0, 0.05) is 13.1 Å². The molecule has 1 aliphatic rings. The maximum Gasteiger partial charge on any atom is 0.214 e. The number of unbranched alkanes of at least 4 members (excludes halogenated alkanes) is 1. The third-order valence-corrected chi connectivity index (χ3v) is 5.36. The first kappa shape index (κ1) is 13.9. The van der Waals surface area contributed by atoms with Gasteiger partial charge in [-0.2, -0.15) is 0 Å². The summed E-state index contributed by atoms with van der Waals surface area (Å²) in [6, 6.07) is 0. The number of sulfonamides is 1. The number of nitrogens with two attached hydrogens (primary N) is 1. The molecular formula is C11H24N2O2S. The lowest BCUT2D eigenvalue weighted by molar-refractivity contribution is 0.269. The standard InChI is InChI=1S/C11H24N2O2S/c1-2-11-5-8-13(9-6-11)16(14,15)10-4-3-7-12/h11H,2-10,12H2,1H3. The van der Waals surface area contributed by atoms with Crippen LogP contribution in [-0.4, -0.2) is 38.1 Å². The number of hydrogen-bond acceptors (Lipinski definition) is 3. The van der Waals surface area contributed by atoms with Crippen molar-refractivity contribution in [2.24, 2.45) is 11.7 Å². The molecule has 0 saturated carbocycles. The molecule has 0 aromatic carbocycles. The highest BCUT2D eigenvalue weighted by molar-refractivity contribution is 7.89. The van der Waals surface area contributed by atoms with Gasteiger partial charge in [0.15, 0.2) is 0 Å². The fourth-order valence-corrected chi connectivity index (χ4v) is 3.75. The minimum Gasteiger partial charge on any atom is -0.330 e. The molecule has 4 nitrogen and oxygen atoms in total. The fraction of sp³-hybridized carbons (Fsp3) is 1.00. The topological polar surface area (TPSA) is 63.4 Å². The van der Waals surface area contributed by atoms with E-state index in [1.165, 1.54) is 6.42 Å². The molecule has 1 aliphatic heterocycles. The SMILES string of the molecule is CCC1CCN(S(=O)(=O)CCCCN)CC1. The van der Waals surface area contributed by atoms with Crippen molar-refractivity contribution in [1.82, 2.24) is 4.31 Å². The van der Waals surface area contributed by atoms with Crippen LogP contribution in [0.1, 0.15) is 39.0 Å². The Morgan fingerprint density at radius 3 is 2.38 bits per heavy atom. The van der Waals surface area contributed by atoms with Crippen LogP contribution in [0.15, 0.2) is 0 Å². The Hall–Kier alpha value is -0.130. The third-order valence-electron chi connectivity index (χ3n) is 3.40. The van der Waals surface area contributed by atoms with Gasteiger partial charge in [-0.1, -0.05) is 13.3 Å². The van der Waals surface area contributed by atoms with E-state index in [1.54, 1.807) is 4.31 Å². The summed E-state index contributed by atoms with van der Waals surface area (Å²) in [7, 11) is -3.01. The van der Waals surface area contributed by atoms with E-state index < -0.39 is 10.0 Å². The maximum atomic E-state index is 11.9. The van der Waals surface area contributed by atoms with Crippen LogP contribution in [0.5, 0.6) is 0 Å². The first-order chi connectivity index (χ1) is 7.60. The summed E-state index contributed by atoms with van der Waals surface area (Å²) in [5.74, 6) is 0.983. The van der Waals surface area contributed by atoms with Gasteiger partial charge >= 0.3 is 0 Å². The zero-order valence-corrected chi connectivity index (χ0v) is 11.0. The molecule has 1 rings (SSSR count). The van der Waals surface area contributed by atoms with Crippen LogP contribution in [-0.2, 0) is 10.0 Å². The van der Waals surface area contributed by atoms with Gasteiger partial charge in [0.05, 0.1) is 5.75 Å². The fourth-order valence-electron chi connectivity index (χ4n) is 2.15. The normalized spacial score (nSPS) is 20.1. The zero-order chi connectivity index (χ0) is 12.0. The van der Waals surface area contributed by atoms with Crippen molar-refractivity contribution < 1.29 is 8.42 Å². The Bertz CT molecular complexity index is 282. The van der Waals surface area contributed by atoms with Crippen LogP contribution in [0, 0.1) is 5.92 Å². The minimum atomic E-state index is -3.01. The molecule has 0 aromatic heterocycles. The molecular weight excluding hydrogens is 224 g/mol. The van der Waals surface area contributed by atoms with Gasteiger partial charge in [-0.25, -0.2) is 12.7 Å². The summed E-state index contributed by atoms with van der Waals surface area (Å²) in [4.78, 5) is 0. The highest BCUT2D eigenvalue weighted by Crippen LogP contribution is 2.22. The first-order valence-electron chi connectivity index (χ1n) is 6.28. The van der Waals surface area contributed by atoms with E-state index in [4.69, 9.17) is 5.73 Å². The summed E-state index contributed by atoms with van der Waals surface area (Å²) in [6.45, 7) is 4.18. The largest absolute Gasteiger partial charge is 0.330 e. The van der Waals surface area contributed by atoms with E-state index >= 15 is 0 Å². The number of rotatable bonds is 6. The summed E-state index contributed by atoms with van der Waals surface area (Å²) >= 11 is 0. The molecule has 0 amide bonds. The van der Waals surface area contributed by atoms with Gasteiger partial charge in [-0.15, -0.1) is 0 Å². The molecule has 16 heavy (non-hydrogen) atoms. The monoisotopic (exact) mass is 248 g/mol. The average Bonchev–Trinajstić information content (AvgIpc) is 2.29. The zero-order valence-electron chi connectivity index (χ0n) is 10.2. The lowest BCUT2D eigenvalue weighted by Gasteiger charge is -2.30. The van der Waals surface area contributed by atoms with Gasteiger partial charge in [0.1, 0.15) is 0 Å². The molecule has 0 bridgehead atoms. The van der Waals surface area contributed by atoms with Crippen LogP contribution < -0.4 is 5.73 Å².